The number of rotatable bonds is 6. The van der Waals surface area contributed by atoms with Crippen molar-refractivity contribution in [2.24, 2.45) is 0 Å². The number of methoxy groups -OCH3 is 2. The molecule has 2 atom stereocenters. The highest BCUT2D eigenvalue weighted by molar-refractivity contribution is 7.99. The molecule has 0 N–H and O–H groups in total. The summed E-state index contributed by atoms with van der Waals surface area (Å²) in [7, 11) is 3.42. The first-order chi connectivity index (χ1) is 13.3. The maximum absolute atomic E-state index is 5.82. The van der Waals surface area contributed by atoms with Crippen molar-refractivity contribution in [2.45, 2.75) is 23.5 Å². The van der Waals surface area contributed by atoms with Crippen LogP contribution in [0.25, 0.3) is 0 Å². The smallest absolute Gasteiger partial charge is 0.227 e. The SMILES string of the molecule is COC[C@@H]1CN(c2nc3c(c(N4CCO[C@H](COC)C4)n2)SCC3)CCO1. The Morgan fingerprint density at radius 3 is 2.37 bits per heavy atom. The zero-order valence-corrected chi connectivity index (χ0v) is 16.9. The predicted octanol–water partition coefficient (Wildman–Crippen LogP) is 0.828. The molecule has 0 saturated carbocycles. The third kappa shape index (κ3) is 4.32. The van der Waals surface area contributed by atoms with E-state index in [0.29, 0.717) is 26.4 Å². The fourth-order valence-electron chi connectivity index (χ4n) is 3.78. The average Bonchev–Trinajstić information content (AvgIpc) is 3.17. The summed E-state index contributed by atoms with van der Waals surface area (Å²) in [5, 5.41) is 0. The van der Waals surface area contributed by atoms with Gasteiger partial charge in [0.15, 0.2) is 0 Å². The van der Waals surface area contributed by atoms with Crippen LogP contribution in [0.5, 0.6) is 0 Å². The monoisotopic (exact) mass is 396 g/mol. The lowest BCUT2D eigenvalue weighted by atomic mass is 10.2. The molecule has 2 saturated heterocycles. The quantitative estimate of drug-likeness (QED) is 0.695. The van der Waals surface area contributed by atoms with Crippen LogP contribution in [0.15, 0.2) is 4.90 Å². The lowest BCUT2D eigenvalue weighted by molar-refractivity contribution is -0.0109. The van der Waals surface area contributed by atoms with E-state index in [0.717, 1.165) is 50.1 Å². The number of fused-ring (bicyclic) bond motifs is 1. The molecule has 0 aliphatic carbocycles. The Labute approximate surface area is 164 Å². The van der Waals surface area contributed by atoms with E-state index in [1.807, 2.05) is 11.8 Å². The zero-order chi connectivity index (χ0) is 18.6. The van der Waals surface area contributed by atoms with Crippen molar-refractivity contribution in [2.75, 3.05) is 82.4 Å². The van der Waals surface area contributed by atoms with Gasteiger partial charge in [-0.3, -0.25) is 0 Å². The first kappa shape index (κ1) is 19.2. The molecule has 0 spiro atoms. The van der Waals surface area contributed by atoms with Crippen LogP contribution in [0, 0.1) is 0 Å². The third-order valence-electron chi connectivity index (χ3n) is 5.06. The molecule has 8 nitrogen and oxygen atoms in total. The van der Waals surface area contributed by atoms with Gasteiger partial charge in [0.1, 0.15) is 5.82 Å². The van der Waals surface area contributed by atoms with Gasteiger partial charge in [0.05, 0.1) is 49.2 Å². The molecule has 4 heterocycles. The number of thioether (sulfide) groups is 1. The van der Waals surface area contributed by atoms with Gasteiger partial charge in [0.2, 0.25) is 5.95 Å². The predicted molar refractivity (Wildman–Crippen MR) is 104 cm³/mol. The summed E-state index contributed by atoms with van der Waals surface area (Å²) in [6, 6.07) is 0. The number of hydrogen-bond acceptors (Lipinski definition) is 9. The summed E-state index contributed by atoms with van der Waals surface area (Å²) in [5.41, 5.74) is 1.17. The average molecular weight is 397 g/mol. The van der Waals surface area contributed by atoms with Crippen LogP contribution in [-0.2, 0) is 25.4 Å². The summed E-state index contributed by atoms with van der Waals surface area (Å²) >= 11 is 1.86. The van der Waals surface area contributed by atoms with Crippen LogP contribution in [0.1, 0.15) is 5.69 Å². The van der Waals surface area contributed by atoms with Crippen LogP contribution in [0.4, 0.5) is 11.8 Å². The van der Waals surface area contributed by atoms with Gasteiger partial charge in [-0.15, -0.1) is 11.8 Å². The number of morpholine rings is 2. The Hall–Kier alpha value is -1.13. The Morgan fingerprint density at radius 2 is 1.67 bits per heavy atom. The third-order valence-corrected chi connectivity index (χ3v) is 6.17. The molecule has 3 aliphatic rings. The van der Waals surface area contributed by atoms with Crippen LogP contribution in [0.2, 0.25) is 0 Å². The van der Waals surface area contributed by atoms with Gasteiger partial charge < -0.3 is 28.7 Å². The second-order valence-electron chi connectivity index (χ2n) is 7.01. The lowest BCUT2D eigenvalue weighted by Crippen LogP contribution is -2.46. The highest BCUT2D eigenvalue weighted by Crippen LogP contribution is 2.39. The molecule has 150 valence electrons. The Morgan fingerprint density at radius 1 is 1.00 bits per heavy atom. The molecular formula is C18H28N4O4S. The van der Waals surface area contributed by atoms with Crippen LogP contribution >= 0.6 is 11.8 Å². The normalized spacial score (nSPS) is 25.7. The van der Waals surface area contributed by atoms with Gasteiger partial charge in [-0.25, -0.2) is 4.98 Å². The summed E-state index contributed by atoms with van der Waals surface area (Å²) in [6.45, 7) is 5.77. The van der Waals surface area contributed by atoms with E-state index in [4.69, 9.17) is 28.9 Å². The maximum Gasteiger partial charge on any atom is 0.227 e. The first-order valence-electron chi connectivity index (χ1n) is 9.53. The van der Waals surface area contributed by atoms with E-state index in [9.17, 15) is 0 Å². The van der Waals surface area contributed by atoms with Crippen LogP contribution in [0.3, 0.4) is 0 Å². The van der Waals surface area contributed by atoms with Gasteiger partial charge in [-0.05, 0) is 0 Å². The molecule has 27 heavy (non-hydrogen) atoms. The molecule has 4 rings (SSSR count). The maximum atomic E-state index is 5.82. The molecule has 0 unspecified atom stereocenters. The number of hydrogen-bond donors (Lipinski definition) is 0. The molecule has 0 aromatic carbocycles. The number of nitrogens with zero attached hydrogens (tertiary/aromatic N) is 4. The molecule has 1 aromatic heterocycles. The number of anilines is 2. The van der Waals surface area contributed by atoms with Gasteiger partial charge >= 0.3 is 0 Å². The minimum atomic E-state index is 0.0629. The highest BCUT2D eigenvalue weighted by Gasteiger charge is 2.30. The van der Waals surface area contributed by atoms with Gasteiger partial charge in [-0.1, -0.05) is 0 Å². The lowest BCUT2D eigenvalue weighted by Gasteiger charge is -2.36. The van der Waals surface area contributed by atoms with Crippen molar-refractivity contribution < 1.29 is 18.9 Å². The Bertz CT molecular complexity index is 646. The van der Waals surface area contributed by atoms with Crippen molar-refractivity contribution in [1.29, 1.82) is 0 Å². The Kier molecular flexibility index (Phi) is 6.34. The number of ether oxygens (including phenoxy) is 4. The van der Waals surface area contributed by atoms with Gasteiger partial charge in [0.25, 0.3) is 0 Å². The topological polar surface area (TPSA) is 69.2 Å². The number of aryl methyl sites for hydroxylation is 1. The van der Waals surface area contributed by atoms with Crippen molar-refractivity contribution in [3.8, 4) is 0 Å². The van der Waals surface area contributed by atoms with Crippen LogP contribution in [-0.4, -0.2) is 94.8 Å². The van der Waals surface area contributed by atoms with Gasteiger partial charge in [0, 0.05) is 52.6 Å². The first-order valence-corrected chi connectivity index (χ1v) is 10.5. The second kappa shape index (κ2) is 8.91. The van der Waals surface area contributed by atoms with Crippen molar-refractivity contribution >= 4 is 23.5 Å². The van der Waals surface area contributed by atoms with Crippen molar-refractivity contribution in [3.63, 3.8) is 0 Å². The van der Waals surface area contributed by atoms with Crippen molar-refractivity contribution in [1.82, 2.24) is 9.97 Å². The van der Waals surface area contributed by atoms with Crippen molar-refractivity contribution in [3.05, 3.63) is 5.69 Å². The minimum Gasteiger partial charge on any atom is -0.382 e. The van der Waals surface area contributed by atoms with E-state index in [-0.39, 0.29) is 12.2 Å². The van der Waals surface area contributed by atoms with E-state index >= 15 is 0 Å². The molecule has 0 amide bonds. The molecule has 2 fully saturated rings. The summed E-state index contributed by atoms with van der Waals surface area (Å²) < 4.78 is 22.2. The Balaban J connectivity index is 1.58. The minimum absolute atomic E-state index is 0.0629. The highest BCUT2D eigenvalue weighted by atomic mass is 32.2. The fraction of sp³-hybridized carbons (Fsp3) is 0.778. The second-order valence-corrected chi connectivity index (χ2v) is 8.11. The molecule has 0 radical (unpaired) electrons. The summed E-state index contributed by atoms with van der Waals surface area (Å²) in [6.07, 6.45) is 1.15. The van der Waals surface area contributed by atoms with E-state index < -0.39 is 0 Å². The summed E-state index contributed by atoms with van der Waals surface area (Å²) in [5.74, 6) is 2.93. The molecule has 3 aliphatic heterocycles. The number of aromatic nitrogens is 2. The largest absolute Gasteiger partial charge is 0.382 e. The van der Waals surface area contributed by atoms with Crippen LogP contribution < -0.4 is 9.80 Å². The van der Waals surface area contributed by atoms with E-state index in [1.165, 1.54) is 10.6 Å². The summed E-state index contributed by atoms with van der Waals surface area (Å²) in [4.78, 5) is 15.7. The molecule has 9 heteroatoms. The molecular weight excluding hydrogens is 368 g/mol. The fourth-order valence-corrected chi connectivity index (χ4v) is 4.90. The van der Waals surface area contributed by atoms with E-state index in [2.05, 4.69) is 9.80 Å². The molecule has 0 bridgehead atoms. The zero-order valence-electron chi connectivity index (χ0n) is 16.1. The molecule has 1 aromatic rings. The van der Waals surface area contributed by atoms with E-state index in [1.54, 1.807) is 14.2 Å². The van der Waals surface area contributed by atoms with Gasteiger partial charge in [-0.2, -0.15) is 4.98 Å². The standard InChI is InChI=1S/C18H28N4O4S/c1-23-11-13-9-21(4-6-25-13)17-16-15(3-8-27-16)19-18(20-17)22-5-7-26-14(10-22)12-24-2/h13-14H,3-12H2,1-2H3/t13-,14-/m0/s1.